The van der Waals surface area contributed by atoms with Gasteiger partial charge in [-0.25, -0.2) is 4.98 Å². The van der Waals surface area contributed by atoms with E-state index in [1.807, 2.05) is 55.8 Å². The van der Waals surface area contributed by atoms with Crippen LogP contribution in [0.15, 0.2) is 42.9 Å². The van der Waals surface area contributed by atoms with E-state index in [9.17, 15) is 4.79 Å². The Balaban J connectivity index is 2.24. The van der Waals surface area contributed by atoms with Crippen molar-refractivity contribution in [2.24, 2.45) is 11.7 Å². The van der Waals surface area contributed by atoms with E-state index in [0.29, 0.717) is 0 Å². The molecule has 118 valence electrons. The van der Waals surface area contributed by atoms with Crippen LogP contribution in [-0.4, -0.2) is 20.4 Å². The fraction of sp³-hybridized carbons (Fsp3) is 0.278. The summed E-state index contributed by atoms with van der Waals surface area (Å²) < 4.78 is 1.87. The van der Waals surface area contributed by atoms with Gasteiger partial charge in [0.05, 0.1) is 5.52 Å². The summed E-state index contributed by atoms with van der Waals surface area (Å²) in [5.74, 6) is 0.463. The number of hydrogen-bond acceptors (Lipinski definition) is 3. The Kier molecular flexibility index (Phi) is 3.86. The Bertz CT molecular complexity index is 866. The first-order valence-corrected chi connectivity index (χ1v) is 7.67. The van der Waals surface area contributed by atoms with Crippen molar-refractivity contribution in [3.8, 4) is 11.4 Å². The molecule has 0 unspecified atom stereocenters. The van der Waals surface area contributed by atoms with Gasteiger partial charge in [-0.15, -0.1) is 0 Å². The van der Waals surface area contributed by atoms with Crippen LogP contribution in [0, 0.1) is 12.8 Å². The second-order valence-corrected chi connectivity index (χ2v) is 6.08. The lowest BCUT2D eigenvalue weighted by Gasteiger charge is -2.21. The number of fused-ring (bicyclic) bond motifs is 1. The molecule has 1 amide bonds. The van der Waals surface area contributed by atoms with Gasteiger partial charge in [0.2, 0.25) is 5.91 Å². The van der Waals surface area contributed by atoms with Gasteiger partial charge in [-0.05, 0) is 24.5 Å². The summed E-state index contributed by atoms with van der Waals surface area (Å²) >= 11 is 0. The molecular formula is C18H20N4O. The van der Waals surface area contributed by atoms with Gasteiger partial charge < -0.3 is 10.3 Å². The zero-order valence-electron chi connectivity index (χ0n) is 13.5. The van der Waals surface area contributed by atoms with Crippen LogP contribution in [0.1, 0.15) is 25.5 Å². The number of aryl methyl sites for hydroxylation is 1. The van der Waals surface area contributed by atoms with Crippen LogP contribution in [0.25, 0.3) is 22.3 Å². The maximum atomic E-state index is 11.9. The number of imidazole rings is 1. The maximum absolute atomic E-state index is 11.9. The monoisotopic (exact) mass is 308 g/mol. The quantitative estimate of drug-likeness (QED) is 0.805. The van der Waals surface area contributed by atoms with Crippen molar-refractivity contribution in [2.75, 3.05) is 0 Å². The molecule has 0 spiro atoms. The lowest BCUT2D eigenvalue weighted by molar-refractivity contribution is -0.122. The molecule has 2 aromatic heterocycles. The largest absolute Gasteiger partial charge is 0.368 e. The molecular weight excluding hydrogens is 288 g/mol. The summed E-state index contributed by atoms with van der Waals surface area (Å²) in [5, 5.41) is 1.02. The lowest BCUT2D eigenvalue weighted by Crippen LogP contribution is -2.30. The van der Waals surface area contributed by atoms with Gasteiger partial charge in [-0.2, -0.15) is 0 Å². The third-order valence-corrected chi connectivity index (χ3v) is 4.10. The third kappa shape index (κ3) is 2.59. The standard InChI is InChI=1S/C18H20N4O/c1-11(2)16(17(19)23)22-10-9-21-18(22)14-7-6-12(3)15-13(14)5-4-8-20-15/h4-11,16H,1-3H3,(H2,19,23)/t16-/m0/s1. The number of pyridine rings is 1. The second kappa shape index (κ2) is 5.83. The van der Waals surface area contributed by atoms with Gasteiger partial charge in [0.15, 0.2) is 0 Å². The molecule has 2 heterocycles. The Morgan fingerprint density at radius 1 is 1.17 bits per heavy atom. The van der Waals surface area contributed by atoms with Crippen LogP contribution in [0.2, 0.25) is 0 Å². The molecule has 5 nitrogen and oxygen atoms in total. The van der Waals surface area contributed by atoms with Gasteiger partial charge in [0.25, 0.3) is 0 Å². The van der Waals surface area contributed by atoms with Gasteiger partial charge in [-0.3, -0.25) is 9.78 Å². The summed E-state index contributed by atoms with van der Waals surface area (Å²) in [4.78, 5) is 20.8. The summed E-state index contributed by atoms with van der Waals surface area (Å²) in [6.45, 7) is 5.99. The Hall–Kier alpha value is -2.69. The molecule has 0 radical (unpaired) electrons. The number of nitrogens with two attached hydrogens (primary N) is 1. The van der Waals surface area contributed by atoms with Gasteiger partial charge in [0.1, 0.15) is 11.9 Å². The SMILES string of the molecule is Cc1ccc(-c2nccn2[C@H](C(N)=O)C(C)C)c2cccnc12. The molecule has 0 bridgehead atoms. The molecule has 0 fully saturated rings. The Labute approximate surface area is 135 Å². The van der Waals surface area contributed by atoms with E-state index in [4.69, 9.17) is 5.73 Å². The molecule has 0 saturated carbocycles. The predicted molar refractivity (Wildman–Crippen MR) is 90.8 cm³/mol. The Morgan fingerprint density at radius 2 is 1.96 bits per heavy atom. The molecule has 1 atom stereocenters. The first kappa shape index (κ1) is 15.2. The van der Waals surface area contributed by atoms with Crippen LogP contribution in [0.5, 0.6) is 0 Å². The van der Waals surface area contributed by atoms with Crippen molar-refractivity contribution >= 4 is 16.8 Å². The zero-order chi connectivity index (χ0) is 16.6. The van der Waals surface area contributed by atoms with E-state index < -0.39 is 6.04 Å². The molecule has 0 saturated heterocycles. The number of nitrogens with zero attached hydrogens (tertiary/aromatic N) is 3. The van der Waals surface area contributed by atoms with E-state index >= 15 is 0 Å². The minimum atomic E-state index is -0.430. The average Bonchev–Trinajstić information content (AvgIpc) is 2.96. The fourth-order valence-corrected chi connectivity index (χ4v) is 3.04. The summed E-state index contributed by atoms with van der Waals surface area (Å²) in [6, 6.07) is 7.56. The highest BCUT2D eigenvalue weighted by Crippen LogP contribution is 2.31. The minimum Gasteiger partial charge on any atom is -0.368 e. The van der Waals surface area contributed by atoms with E-state index in [-0.39, 0.29) is 11.8 Å². The molecule has 3 rings (SSSR count). The zero-order valence-corrected chi connectivity index (χ0v) is 13.5. The van der Waals surface area contributed by atoms with Crippen LogP contribution < -0.4 is 5.73 Å². The van der Waals surface area contributed by atoms with Crippen molar-refractivity contribution in [1.29, 1.82) is 0 Å². The van der Waals surface area contributed by atoms with Crippen LogP contribution in [0.4, 0.5) is 0 Å². The van der Waals surface area contributed by atoms with Gasteiger partial charge in [-0.1, -0.05) is 32.0 Å². The molecule has 23 heavy (non-hydrogen) atoms. The normalized spacial score (nSPS) is 12.7. The van der Waals surface area contributed by atoms with Crippen molar-refractivity contribution < 1.29 is 4.79 Å². The van der Waals surface area contributed by atoms with Gasteiger partial charge in [0, 0.05) is 29.5 Å². The number of benzene rings is 1. The summed E-state index contributed by atoms with van der Waals surface area (Å²) in [6.07, 6.45) is 5.30. The van der Waals surface area contributed by atoms with E-state index in [0.717, 1.165) is 27.9 Å². The van der Waals surface area contributed by atoms with E-state index in [2.05, 4.69) is 9.97 Å². The molecule has 0 aliphatic heterocycles. The minimum absolute atomic E-state index is 0.0790. The number of rotatable bonds is 4. The van der Waals surface area contributed by atoms with E-state index in [1.165, 1.54) is 0 Å². The number of hydrogen-bond donors (Lipinski definition) is 1. The van der Waals surface area contributed by atoms with Crippen LogP contribution in [-0.2, 0) is 4.79 Å². The number of carbonyl (C=O) groups is 1. The van der Waals surface area contributed by atoms with Crippen LogP contribution >= 0.6 is 0 Å². The molecule has 0 aliphatic carbocycles. The van der Waals surface area contributed by atoms with Crippen molar-refractivity contribution in [3.63, 3.8) is 0 Å². The lowest BCUT2D eigenvalue weighted by atomic mass is 10.0. The van der Waals surface area contributed by atoms with Gasteiger partial charge >= 0.3 is 0 Å². The number of aromatic nitrogens is 3. The topological polar surface area (TPSA) is 73.8 Å². The first-order chi connectivity index (χ1) is 11.0. The molecule has 1 aromatic carbocycles. The smallest absolute Gasteiger partial charge is 0.240 e. The third-order valence-electron chi connectivity index (χ3n) is 4.10. The highest BCUT2D eigenvalue weighted by atomic mass is 16.1. The molecule has 2 N–H and O–H groups in total. The van der Waals surface area contributed by atoms with E-state index in [1.54, 1.807) is 12.4 Å². The highest BCUT2D eigenvalue weighted by molar-refractivity contribution is 5.95. The number of amides is 1. The molecule has 0 aliphatic rings. The first-order valence-electron chi connectivity index (χ1n) is 7.67. The predicted octanol–water partition coefficient (Wildman–Crippen LogP) is 3.09. The van der Waals surface area contributed by atoms with Crippen LogP contribution in [0.3, 0.4) is 0 Å². The van der Waals surface area contributed by atoms with Crippen molar-refractivity contribution in [3.05, 3.63) is 48.4 Å². The maximum Gasteiger partial charge on any atom is 0.240 e. The molecule has 3 aromatic rings. The highest BCUT2D eigenvalue weighted by Gasteiger charge is 2.25. The number of carbonyl (C=O) groups excluding carboxylic acids is 1. The molecule has 5 heteroatoms. The number of primary amides is 1. The fourth-order valence-electron chi connectivity index (χ4n) is 3.04. The Morgan fingerprint density at radius 3 is 2.65 bits per heavy atom. The van der Waals surface area contributed by atoms with Crippen molar-refractivity contribution in [1.82, 2.24) is 14.5 Å². The second-order valence-electron chi connectivity index (χ2n) is 6.08. The summed E-state index contributed by atoms with van der Waals surface area (Å²) in [5.41, 5.74) is 8.62. The van der Waals surface area contributed by atoms with Crippen molar-refractivity contribution in [2.45, 2.75) is 26.8 Å². The average molecular weight is 308 g/mol. The summed E-state index contributed by atoms with van der Waals surface area (Å²) in [7, 11) is 0.